The highest BCUT2D eigenvalue weighted by Gasteiger charge is 2.23. The van der Waals surface area contributed by atoms with Crippen molar-refractivity contribution in [2.75, 3.05) is 19.6 Å². The number of piperidine rings is 1. The first kappa shape index (κ1) is 15.3. The largest absolute Gasteiger partial charge is 0.338 e. The summed E-state index contributed by atoms with van der Waals surface area (Å²) >= 11 is 0. The zero-order valence-corrected chi connectivity index (χ0v) is 12.6. The van der Waals surface area contributed by atoms with Gasteiger partial charge in [-0.2, -0.15) is 0 Å². The Morgan fingerprint density at radius 3 is 2.65 bits per heavy atom. The summed E-state index contributed by atoms with van der Waals surface area (Å²) < 4.78 is 0. The molecule has 1 aromatic rings. The number of rotatable bonds is 2. The number of hydrogen-bond donors (Lipinski definition) is 1. The standard InChI is InChI=1S/C16H22N2O.ClH/c19-16(11-13-5-8-17-9-6-13)18-10-7-14-3-1-2-4-15(14)12-18;/h1-4,13,17H,5-12H2;1H. The van der Waals surface area contributed by atoms with E-state index in [2.05, 4.69) is 29.6 Å². The lowest BCUT2D eigenvalue weighted by Gasteiger charge is -2.31. The lowest BCUT2D eigenvalue weighted by atomic mass is 9.93. The molecule has 0 bridgehead atoms. The predicted molar refractivity (Wildman–Crippen MR) is 83.0 cm³/mol. The molecule has 0 atom stereocenters. The maximum absolute atomic E-state index is 12.4. The van der Waals surface area contributed by atoms with E-state index in [0.717, 1.165) is 51.9 Å². The molecular weight excluding hydrogens is 272 g/mol. The molecule has 1 amide bonds. The summed E-state index contributed by atoms with van der Waals surface area (Å²) in [7, 11) is 0. The molecular formula is C16H23ClN2O. The molecule has 20 heavy (non-hydrogen) atoms. The van der Waals surface area contributed by atoms with Crippen LogP contribution in [0, 0.1) is 5.92 Å². The minimum absolute atomic E-state index is 0. The van der Waals surface area contributed by atoms with Gasteiger partial charge in [-0.3, -0.25) is 4.79 Å². The molecule has 4 heteroatoms. The van der Waals surface area contributed by atoms with E-state index < -0.39 is 0 Å². The Morgan fingerprint density at radius 2 is 1.90 bits per heavy atom. The van der Waals surface area contributed by atoms with Crippen LogP contribution in [0.2, 0.25) is 0 Å². The number of carbonyl (C=O) groups is 1. The summed E-state index contributed by atoms with van der Waals surface area (Å²) in [5, 5.41) is 3.36. The molecule has 1 fully saturated rings. The molecule has 2 aliphatic heterocycles. The van der Waals surface area contributed by atoms with Crippen LogP contribution in [0.3, 0.4) is 0 Å². The molecule has 0 saturated carbocycles. The molecule has 0 unspecified atom stereocenters. The van der Waals surface area contributed by atoms with Crippen molar-refractivity contribution in [2.45, 2.75) is 32.2 Å². The third-order valence-corrected chi connectivity index (χ3v) is 4.41. The molecule has 0 aromatic heterocycles. The normalized spacial score (nSPS) is 19.1. The van der Waals surface area contributed by atoms with Crippen LogP contribution in [-0.4, -0.2) is 30.4 Å². The number of amides is 1. The molecule has 110 valence electrons. The van der Waals surface area contributed by atoms with Crippen LogP contribution in [0.25, 0.3) is 0 Å². The van der Waals surface area contributed by atoms with E-state index in [0.29, 0.717) is 11.8 Å². The van der Waals surface area contributed by atoms with Crippen molar-refractivity contribution in [1.82, 2.24) is 10.2 Å². The van der Waals surface area contributed by atoms with E-state index in [1.54, 1.807) is 0 Å². The van der Waals surface area contributed by atoms with Gasteiger partial charge in [0.05, 0.1) is 0 Å². The minimum atomic E-state index is 0. The summed E-state index contributed by atoms with van der Waals surface area (Å²) in [5.41, 5.74) is 2.74. The molecule has 1 aromatic carbocycles. The number of carbonyl (C=O) groups excluding carboxylic acids is 1. The molecule has 1 saturated heterocycles. The molecule has 3 nitrogen and oxygen atoms in total. The topological polar surface area (TPSA) is 32.3 Å². The Kier molecular flexibility index (Phi) is 5.44. The van der Waals surface area contributed by atoms with Gasteiger partial charge in [0.2, 0.25) is 5.91 Å². The molecule has 2 aliphatic rings. The Labute approximate surface area is 127 Å². The van der Waals surface area contributed by atoms with Gasteiger partial charge >= 0.3 is 0 Å². The summed E-state index contributed by atoms with van der Waals surface area (Å²) in [6.45, 7) is 3.84. The van der Waals surface area contributed by atoms with Gasteiger partial charge in [-0.05, 0) is 49.4 Å². The first-order chi connectivity index (χ1) is 9.33. The van der Waals surface area contributed by atoms with Crippen LogP contribution in [-0.2, 0) is 17.8 Å². The molecule has 0 radical (unpaired) electrons. The quantitative estimate of drug-likeness (QED) is 0.908. The van der Waals surface area contributed by atoms with Crippen LogP contribution in [0.4, 0.5) is 0 Å². The smallest absolute Gasteiger partial charge is 0.223 e. The van der Waals surface area contributed by atoms with Gasteiger partial charge in [0, 0.05) is 19.5 Å². The number of nitrogens with one attached hydrogen (secondary N) is 1. The summed E-state index contributed by atoms with van der Waals surface area (Å²) in [6.07, 6.45) is 4.05. The van der Waals surface area contributed by atoms with Gasteiger partial charge in [-0.15, -0.1) is 12.4 Å². The highest BCUT2D eigenvalue weighted by atomic mass is 35.5. The van der Waals surface area contributed by atoms with E-state index in [9.17, 15) is 4.79 Å². The van der Waals surface area contributed by atoms with Crippen molar-refractivity contribution in [3.05, 3.63) is 35.4 Å². The highest BCUT2D eigenvalue weighted by Crippen LogP contribution is 2.22. The second kappa shape index (κ2) is 7.09. The maximum Gasteiger partial charge on any atom is 0.223 e. The summed E-state index contributed by atoms with van der Waals surface area (Å²) in [6, 6.07) is 8.49. The van der Waals surface area contributed by atoms with Gasteiger partial charge in [0.15, 0.2) is 0 Å². The van der Waals surface area contributed by atoms with Crippen LogP contribution >= 0.6 is 12.4 Å². The van der Waals surface area contributed by atoms with Crippen LogP contribution in [0.5, 0.6) is 0 Å². The maximum atomic E-state index is 12.4. The first-order valence-electron chi connectivity index (χ1n) is 7.38. The fourth-order valence-electron chi connectivity index (χ4n) is 3.17. The Bertz CT molecular complexity index is 458. The van der Waals surface area contributed by atoms with Gasteiger partial charge in [-0.1, -0.05) is 24.3 Å². The van der Waals surface area contributed by atoms with Gasteiger partial charge in [0.1, 0.15) is 0 Å². The number of nitrogens with zero attached hydrogens (tertiary/aromatic N) is 1. The molecule has 0 aliphatic carbocycles. The highest BCUT2D eigenvalue weighted by molar-refractivity contribution is 5.85. The van der Waals surface area contributed by atoms with Crippen molar-refractivity contribution < 1.29 is 4.79 Å². The zero-order valence-electron chi connectivity index (χ0n) is 11.8. The fraction of sp³-hybridized carbons (Fsp3) is 0.562. The average Bonchev–Trinajstić information content (AvgIpc) is 2.48. The van der Waals surface area contributed by atoms with E-state index in [1.807, 2.05) is 4.90 Å². The second-order valence-electron chi connectivity index (χ2n) is 5.73. The van der Waals surface area contributed by atoms with E-state index in [4.69, 9.17) is 0 Å². The van der Waals surface area contributed by atoms with E-state index in [1.165, 1.54) is 11.1 Å². The lowest BCUT2D eigenvalue weighted by molar-refractivity contribution is -0.133. The van der Waals surface area contributed by atoms with Crippen molar-refractivity contribution >= 4 is 18.3 Å². The van der Waals surface area contributed by atoms with Crippen molar-refractivity contribution in [3.63, 3.8) is 0 Å². The Morgan fingerprint density at radius 1 is 1.20 bits per heavy atom. The van der Waals surface area contributed by atoms with E-state index in [-0.39, 0.29) is 12.4 Å². The van der Waals surface area contributed by atoms with E-state index >= 15 is 0 Å². The Hall–Kier alpha value is -1.06. The fourth-order valence-corrected chi connectivity index (χ4v) is 3.17. The minimum Gasteiger partial charge on any atom is -0.338 e. The zero-order chi connectivity index (χ0) is 13.1. The number of benzene rings is 1. The molecule has 2 heterocycles. The third-order valence-electron chi connectivity index (χ3n) is 4.41. The van der Waals surface area contributed by atoms with Crippen LogP contribution < -0.4 is 5.32 Å². The first-order valence-corrected chi connectivity index (χ1v) is 7.38. The van der Waals surface area contributed by atoms with Gasteiger partial charge < -0.3 is 10.2 Å². The molecule has 0 spiro atoms. The molecule has 1 N–H and O–H groups in total. The van der Waals surface area contributed by atoms with Crippen LogP contribution in [0.15, 0.2) is 24.3 Å². The Balaban J connectivity index is 0.00000147. The number of fused-ring (bicyclic) bond motifs is 1. The van der Waals surface area contributed by atoms with Gasteiger partial charge in [0.25, 0.3) is 0 Å². The number of hydrogen-bond acceptors (Lipinski definition) is 2. The summed E-state index contributed by atoms with van der Waals surface area (Å²) in [5.74, 6) is 0.937. The van der Waals surface area contributed by atoms with Crippen molar-refractivity contribution in [3.8, 4) is 0 Å². The predicted octanol–water partition coefficient (Wildman–Crippen LogP) is 2.38. The second-order valence-corrected chi connectivity index (χ2v) is 5.73. The van der Waals surface area contributed by atoms with Gasteiger partial charge in [-0.25, -0.2) is 0 Å². The SMILES string of the molecule is Cl.O=C(CC1CCNCC1)N1CCc2ccccc2C1. The van der Waals surface area contributed by atoms with Crippen molar-refractivity contribution in [1.29, 1.82) is 0 Å². The average molecular weight is 295 g/mol. The lowest BCUT2D eigenvalue weighted by Crippen LogP contribution is -2.38. The van der Waals surface area contributed by atoms with Crippen molar-refractivity contribution in [2.24, 2.45) is 5.92 Å². The third kappa shape index (κ3) is 3.53. The molecule has 3 rings (SSSR count). The summed E-state index contributed by atoms with van der Waals surface area (Å²) in [4.78, 5) is 14.4. The monoisotopic (exact) mass is 294 g/mol. The number of halogens is 1. The van der Waals surface area contributed by atoms with Crippen LogP contribution in [0.1, 0.15) is 30.4 Å².